The van der Waals surface area contributed by atoms with Gasteiger partial charge in [-0.1, -0.05) is 6.92 Å². The molecule has 0 aliphatic heterocycles. The van der Waals surface area contributed by atoms with Gasteiger partial charge in [0.1, 0.15) is 0 Å². The molecule has 5 nitrogen and oxygen atoms in total. The molecule has 2 N–H and O–H groups in total. The highest BCUT2D eigenvalue weighted by Crippen LogP contribution is 2.29. The Bertz CT molecular complexity index is 427. The number of aryl methyl sites for hydroxylation is 1. The van der Waals surface area contributed by atoms with Gasteiger partial charge in [0, 0.05) is 30.8 Å². The van der Waals surface area contributed by atoms with Gasteiger partial charge < -0.3 is 10.6 Å². The molecule has 2 atom stereocenters. The summed E-state index contributed by atoms with van der Waals surface area (Å²) in [5.41, 5.74) is 2.45. The summed E-state index contributed by atoms with van der Waals surface area (Å²) in [6.45, 7) is 2.65. The first-order valence-electron chi connectivity index (χ1n) is 6.59. The Morgan fingerprint density at radius 3 is 3.17 bits per heavy atom. The third-order valence-electron chi connectivity index (χ3n) is 3.65. The molecule has 0 spiro atoms. The molecule has 1 heterocycles. The number of nitrogens with one attached hydrogen (secondary N) is 2. The number of amides is 1. The van der Waals surface area contributed by atoms with Gasteiger partial charge in [-0.25, -0.2) is 0 Å². The molecule has 0 saturated carbocycles. The van der Waals surface area contributed by atoms with E-state index in [9.17, 15) is 4.79 Å². The van der Waals surface area contributed by atoms with Crippen LogP contribution in [0.4, 0.5) is 0 Å². The fourth-order valence-corrected chi connectivity index (χ4v) is 2.57. The second-order valence-corrected chi connectivity index (χ2v) is 5.08. The third-order valence-corrected chi connectivity index (χ3v) is 3.65. The van der Waals surface area contributed by atoms with Crippen LogP contribution >= 0.6 is 0 Å². The minimum Gasteiger partial charge on any atom is -0.349 e. The zero-order valence-corrected chi connectivity index (χ0v) is 11.4. The summed E-state index contributed by atoms with van der Waals surface area (Å²) in [4.78, 5) is 12.0. The van der Waals surface area contributed by atoms with Crippen molar-refractivity contribution in [3.05, 3.63) is 17.5 Å². The SMILES string of the molecule is CNCC(C)C(=O)NC1CCCc2c1cnn2C. The number of carbonyl (C=O) groups excluding carboxylic acids is 1. The van der Waals surface area contributed by atoms with Gasteiger partial charge in [-0.2, -0.15) is 5.10 Å². The van der Waals surface area contributed by atoms with Crippen LogP contribution in [0.2, 0.25) is 0 Å². The van der Waals surface area contributed by atoms with Crippen LogP contribution in [0.5, 0.6) is 0 Å². The first-order valence-corrected chi connectivity index (χ1v) is 6.59. The van der Waals surface area contributed by atoms with Crippen LogP contribution in [0.1, 0.15) is 37.1 Å². The first kappa shape index (κ1) is 13.1. The Labute approximate surface area is 108 Å². The van der Waals surface area contributed by atoms with Gasteiger partial charge >= 0.3 is 0 Å². The molecular formula is C13H22N4O. The van der Waals surface area contributed by atoms with Gasteiger partial charge in [0.2, 0.25) is 5.91 Å². The van der Waals surface area contributed by atoms with Crippen LogP contribution in [0.25, 0.3) is 0 Å². The lowest BCUT2D eigenvalue weighted by molar-refractivity contribution is -0.125. The van der Waals surface area contributed by atoms with E-state index in [-0.39, 0.29) is 17.9 Å². The highest BCUT2D eigenvalue weighted by atomic mass is 16.1. The van der Waals surface area contributed by atoms with Crippen LogP contribution in [0.3, 0.4) is 0 Å². The van der Waals surface area contributed by atoms with Gasteiger partial charge in [0.15, 0.2) is 0 Å². The molecule has 2 unspecified atom stereocenters. The molecule has 5 heteroatoms. The van der Waals surface area contributed by atoms with Crippen molar-refractivity contribution in [3.8, 4) is 0 Å². The van der Waals surface area contributed by atoms with E-state index < -0.39 is 0 Å². The molecule has 0 fully saturated rings. The van der Waals surface area contributed by atoms with Crippen LogP contribution in [0.15, 0.2) is 6.20 Å². The van der Waals surface area contributed by atoms with E-state index in [0.717, 1.165) is 19.3 Å². The van der Waals surface area contributed by atoms with Crippen LogP contribution in [-0.2, 0) is 18.3 Å². The number of fused-ring (bicyclic) bond motifs is 1. The molecule has 0 aromatic carbocycles. The summed E-state index contributed by atoms with van der Waals surface area (Å²) in [7, 11) is 3.83. The van der Waals surface area contributed by atoms with Crippen LogP contribution in [-0.4, -0.2) is 29.3 Å². The quantitative estimate of drug-likeness (QED) is 0.830. The molecule has 0 saturated heterocycles. The second-order valence-electron chi connectivity index (χ2n) is 5.08. The largest absolute Gasteiger partial charge is 0.349 e. The van der Waals surface area contributed by atoms with E-state index in [4.69, 9.17) is 0 Å². The molecule has 18 heavy (non-hydrogen) atoms. The normalized spacial score (nSPS) is 20.3. The summed E-state index contributed by atoms with van der Waals surface area (Å²) in [5.74, 6) is 0.114. The Kier molecular flexibility index (Phi) is 4.01. The number of nitrogens with zero attached hydrogens (tertiary/aromatic N) is 2. The summed E-state index contributed by atoms with van der Waals surface area (Å²) in [6.07, 6.45) is 5.07. The molecule has 1 aromatic heterocycles. The molecule has 1 aliphatic carbocycles. The third kappa shape index (κ3) is 2.56. The first-order chi connectivity index (χ1) is 8.63. The summed E-state index contributed by atoms with van der Waals surface area (Å²) >= 11 is 0. The number of hydrogen-bond acceptors (Lipinski definition) is 3. The number of aromatic nitrogens is 2. The van der Waals surface area contributed by atoms with Gasteiger partial charge in [-0.3, -0.25) is 9.48 Å². The molecule has 100 valence electrons. The molecule has 2 rings (SSSR count). The summed E-state index contributed by atoms with van der Waals surface area (Å²) < 4.78 is 1.92. The van der Waals surface area contributed by atoms with E-state index in [1.807, 2.05) is 31.9 Å². The monoisotopic (exact) mass is 250 g/mol. The molecule has 1 amide bonds. The molecule has 1 aromatic rings. The predicted molar refractivity (Wildman–Crippen MR) is 70.1 cm³/mol. The highest BCUT2D eigenvalue weighted by molar-refractivity contribution is 5.79. The molecular weight excluding hydrogens is 228 g/mol. The average molecular weight is 250 g/mol. The number of hydrogen-bond donors (Lipinski definition) is 2. The fraction of sp³-hybridized carbons (Fsp3) is 0.692. The standard InChI is InChI=1S/C13H22N4O/c1-9(7-14-2)13(18)16-11-5-4-6-12-10(11)8-15-17(12)3/h8-9,11,14H,4-7H2,1-3H3,(H,16,18). The van der Waals surface area contributed by atoms with Crippen LogP contribution < -0.4 is 10.6 Å². The summed E-state index contributed by atoms with van der Waals surface area (Å²) in [6, 6.07) is 0.134. The van der Waals surface area contributed by atoms with Crippen molar-refractivity contribution < 1.29 is 4.79 Å². The van der Waals surface area contributed by atoms with E-state index in [1.54, 1.807) is 0 Å². The van der Waals surface area contributed by atoms with E-state index in [1.165, 1.54) is 11.3 Å². The minimum absolute atomic E-state index is 0.00273. The molecule has 0 bridgehead atoms. The van der Waals surface area contributed by atoms with E-state index in [0.29, 0.717) is 6.54 Å². The second kappa shape index (κ2) is 5.52. The van der Waals surface area contributed by atoms with Gasteiger partial charge in [-0.15, -0.1) is 0 Å². The van der Waals surface area contributed by atoms with E-state index >= 15 is 0 Å². The predicted octanol–water partition coefficient (Wildman–Crippen LogP) is 0.769. The Hall–Kier alpha value is -1.36. The van der Waals surface area contributed by atoms with Crippen molar-refractivity contribution in [1.29, 1.82) is 0 Å². The Balaban J connectivity index is 2.05. The lowest BCUT2D eigenvalue weighted by Crippen LogP contribution is -2.37. The molecule has 0 radical (unpaired) electrons. The fourth-order valence-electron chi connectivity index (χ4n) is 2.57. The lowest BCUT2D eigenvalue weighted by Gasteiger charge is -2.25. The van der Waals surface area contributed by atoms with Gasteiger partial charge in [0.05, 0.1) is 12.2 Å². The highest BCUT2D eigenvalue weighted by Gasteiger charge is 2.25. The van der Waals surface area contributed by atoms with Gasteiger partial charge in [-0.05, 0) is 26.3 Å². The van der Waals surface area contributed by atoms with Gasteiger partial charge in [0.25, 0.3) is 0 Å². The van der Waals surface area contributed by atoms with Crippen molar-refractivity contribution in [1.82, 2.24) is 20.4 Å². The minimum atomic E-state index is -0.00273. The number of rotatable bonds is 4. The number of carbonyl (C=O) groups is 1. The van der Waals surface area contributed by atoms with Crippen molar-refractivity contribution in [3.63, 3.8) is 0 Å². The Morgan fingerprint density at radius 2 is 2.44 bits per heavy atom. The maximum Gasteiger partial charge on any atom is 0.224 e. The van der Waals surface area contributed by atoms with Crippen molar-refractivity contribution in [2.24, 2.45) is 13.0 Å². The summed E-state index contributed by atoms with van der Waals surface area (Å²) in [5, 5.41) is 10.5. The maximum atomic E-state index is 12.0. The van der Waals surface area contributed by atoms with Crippen molar-refractivity contribution >= 4 is 5.91 Å². The van der Waals surface area contributed by atoms with Crippen LogP contribution in [0, 0.1) is 5.92 Å². The Morgan fingerprint density at radius 1 is 1.67 bits per heavy atom. The zero-order chi connectivity index (χ0) is 13.1. The smallest absolute Gasteiger partial charge is 0.224 e. The van der Waals surface area contributed by atoms with Crippen molar-refractivity contribution in [2.75, 3.05) is 13.6 Å². The molecule has 1 aliphatic rings. The maximum absolute atomic E-state index is 12.0. The zero-order valence-electron chi connectivity index (χ0n) is 11.4. The topological polar surface area (TPSA) is 59.0 Å². The van der Waals surface area contributed by atoms with Crippen molar-refractivity contribution in [2.45, 2.75) is 32.2 Å². The van der Waals surface area contributed by atoms with E-state index in [2.05, 4.69) is 15.7 Å². The average Bonchev–Trinajstić information content (AvgIpc) is 2.73. The lowest BCUT2D eigenvalue weighted by atomic mass is 9.92.